The van der Waals surface area contributed by atoms with Crippen molar-refractivity contribution in [1.82, 2.24) is 0 Å². The molecule has 0 saturated heterocycles. The van der Waals surface area contributed by atoms with Gasteiger partial charge in [-0.25, -0.2) is 4.39 Å². The van der Waals surface area contributed by atoms with E-state index in [0.29, 0.717) is 17.2 Å². The maximum Gasteiger partial charge on any atom is 0.128 e. The van der Waals surface area contributed by atoms with E-state index in [9.17, 15) is 4.39 Å². The third-order valence-corrected chi connectivity index (χ3v) is 3.32. The van der Waals surface area contributed by atoms with Gasteiger partial charge in [-0.15, -0.1) is 0 Å². The van der Waals surface area contributed by atoms with Crippen LogP contribution in [-0.4, -0.2) is 6.10 Å². The minimum atomic E-state index is -0.414. The van der Waals surface area contributed by atoms with Crippen molar-refractivity contribution in [2.75, 3.05) is 0 Å². The Hall–Kier alpha value is -1.56. The van der Waals surface area contributed by atoms with Crippen molar-refractivity contribution >= 4 is 0 Å². The van der Waals surface area contributed by atoms with E-state index in [1.807, 2.05) is 6.07 Å². The third-order valence-electron chi connectivity index (χ3n) is 3.32. The first-order chi connectivity index (χ1) is 8.19. The van der Waals surface area contributed by atoms with Crippen LogP contribution in [0.2, 0.25) is 0 Å². The molecule has 1 fully saturated rings. The molecule has 0 spiro atoms. The first-order valence-electron chi connectivity index (χ1n) is 6.06. The molecule has 0 aliphatic heterocycles. The van der Waals surface area contributed by atoms with Crippen molar-refractivity contribution in [2.24, 2.45) is 5.92 Å². The molecule has 1 saturated carbocycles. The number of ether oxygens (including phenoxy) is 1. The molecule has 1 aromatic carbocycles. The molecule has 0 heterocycles. The topological polar surface area (TPSA) is 33.0 Å². The second-order valence-electron chi connectivity index (χ2n) is 4.71. The SMILES string of the molecule is CC1CCCCC1Oc1cc(F)cc(C#N)c1. The van der Waals surface area contributed by atoms with Gasteiger partial charge in [0.15, 0.2) is 0 Å². The van der Waals surface area contributed by atoms with Crippen LogP contribution in [0.5, 0.6) is 5.75 Å². The Bertz CT molecular complexity index is 438. The molecule has 1 aliphatic rings. The standard InChI is InChI=1S/C14H16FNO/c1-10-4-2-3-5-14(10)17-13-7-11(9-16)6-12(15)8-13/h6-8,10,14H,2-5H2,1H3. The van der Waals surface area contributed by atoms with E-state index in [1.54, 1.807) is 6.07 Å². The van der Waals surface area contributed by atoms with Crippen molar-refractivity contribution in [1.29, 1.82) is 5.26 Å². The van der Waals surface area contributed by atoms with Crippen LogP contribution in [0.25, 0.3) is 0 Å². The third kappa shape index (κ3) is 2.97. The minimum absolute atomic E-state index is 0.150. The summed E-state index contributed by atoms with van der Waals surface area (Å²) < 4.78 is 19.0. The fourth-order valence-corrected chi connectivity index (χ4v) is 2.33. The van der Waals surface area contributed by atoms with Crippen LogP contribution in [0.4, 0.5) is 4.39 Å². The van der Waals surface area contributed by atoms with Gasteiger partial charge in [0.25, 0.3) is 0 Å². The van der Waals surface area contributed by atoms with E-state index < -0.39 is 5.82 Å². The highest BCUT2D eigenvalue weighted by molar-refractivity contribution is 5.37. The van der Waals surface area contributed by atoms with E-state index in [2.05, 4.69) is 6.92 Å². The van der Waals surface area contributed by atoms with Gasteiger partial charge in [-0.2, -0.15) is 5.26 Å². The number of hydrogen-bond donors (Lipinski definition) is 0. The van der Waals surface area contributed by atoms with Crippen LogP contribution in [0.1, 0.15) is 38.2 Å². The van der Waals surface area contributed by atoms with Crippen molar-refractivity contribution in [3.8, 4) is 11.8 Å². The number of rotatable bonds is 2. The van der Waals surface area contributed by atoms with Crippen LogP contribution < -0.4 is 4.74 Å². The maximum absolute atomic E-state index is 13.2. The van der Waals surface area contributed by atoms with Gasteiger partial charge >= 0.3 is 0 Å². The summed E-state index contributed by atoms with van der Waals surface area (Å²) in [5, 5.41) is 8.77. The predicted molar refractivity (Wildman–Crippen MR) is 63.2 cm³/mol. The monoisotopic (exact) mass is 233 g/mol. The highest BCUT2D eigenvalue weighted by Crippen LogP contribution is 2.28. The Morgan fingerprint density at radius 2 is 2.06 bits per heavy atom. The zero-order chi connectivity index (χ0) is 12.3. The largest absolute Gasteiger partial charge is 0.490 e. The van der Waals surface area contributed by atoms with E-state index in [-0.39, 0.29) is 6.10 Å². The molecule has 0 N–H and O–H groups in total. The van der Waals surface area contributed by atoms with Crippen LogP contribution in [0.15, 0.2) is 18.2 Å². The van der Waals surface area contributed by atoms with Gasteiger partial charge in [-0.1, -0.05) is 13.3 Å². The van der Waals surface area contributed by atoms with Crippen LogP contribution in [-0.2, 0) is 0 Å². The number of nitriles is 1. The van der Waals surface area contributed by atoms with Gasteiger partial charge < -0.3 is 4.74 Å². The predicted octanol–water partition coefficient (Wildman–Crippen LogP) is 3.65. The van der Waals surface area contributed by atoms with Crippen molar-refractivity contribution in [3.63, 3.8) is 0 Å². The second-order valence-corrected chi connectivity index (χ2v) is 4.71. The number of nitrogens with zero attached hydrogens (tertiary/aromatic N) is 1. The number of benzene rings is 1. The van der Waals surface area contributed by atoms with Gasteiger partial charge in [0.05, 0.1) is 11.6 Å². The molecule has 90 valence electrons. The van der Waals surface area contributed by atoms with Gasteiger partial charge in [-0.05, 0) is 37.3 Å². The number of halogens is 1. The lowest BCUT2D eigenvalue weighted by molar-refractivity contribution is 0.102. The molecule has 2 nitrogen and oxygen atoms in total. The lowest BCUT2D eigenvalue weighted by atomic mass is 9.88. The van der Waals surface area contributed by atoms with E-state index >= 15 is 0 Å². The summed E-state index contributed by atoms with van der Waals surface area (Å²) >= 11 is 0. The molecular weight excluding hydrogens is 217 g/mol. The first kappa shape index (κ1) is 11.9. The summed E-state index contributed by atoms with van der Waals surface area (Å²) in [7, 11) is 0. The van der Waals surface area contributed by atoms with Gasteiger partial charge in [0.1, 0.15) is 17.7 Å². The summed E-state index contributed by atoms with van der Waals surface area (Å²) in [6.07, 6.45) is 4.73. The van der Waals surface area contributed by atoms with Crippen molar-refractivity contribution in [3.05, 3.63) is 29.6 Å². The lowest BCUT2D eigenvalue weighted by Gasteiger charge is -2.29. The summed E-state index contributed by atoms with van der Waals surface area (Å²) in [6, 6.07) is 6.11. The summed E-state index contributed by atoms with van der Waals surface area (Å²) in [5.41, 5.74) is 0.309. The molecule has 2 rings (SSSR count). The molecule has 2 atom stereocenters. The molecular formula is C14H16FNO. The van der Waals surface area contributed by atoms with E-state index in [0.717, 1.165) is 19.3 Å². The summed E-state index contributed by atoms with van der Waals surface area (Å²) in [6.45, 7) is 2.16. The summed E-state index contributed by atoms with van der Waals surface area (Å²) in [5.74, 6) is 0.556. The Morgan fingerprint density at radius 1 is 1.29 bits per heavy atom. The Balaban J connectivity index is 2.12. The second kappa shape index (κ2) is 5.18. The maximum atomic E-state index is 13.2. The highest BCUT2D eigenvalue weighted by Gasteiger charge is 2.23. The first-order valence-corrected chi connectivity index (χ1v) is 6.06. The zero-order valence-electron chi connectivity index (χ0n) is 9.95. The average Bonchev–Trinajstić information content (AvgIpc) is 2.31. The molecule has 1 aromatic rings. The molecule has 0 amide bonds. The fraction of sp³-hybridized carbons (Fsp3) is 0.500. The molecule has 0 bridgehead atoms. The molecule has 1 aliphatic carbocycles. The fourth-order valence-electron chi connectivity index (χ4n) is 2.33. The summed E-state index contributed by atoms with van der Waals surface area (Å²) in [4.78, 5) is 0. The molecule has 0 aromatic heterocycles. The molecule has 2 unspecified atom stereocenters. The van der Waals surface area contributed by atoms with Gasteiger partial charge in [-0.3, -0.25) is 0 Å². The van der Waals surface area contributed by atoms with Gasteiger partial charge in [0, 0.05) is 6.07 Å². The zero-order valence-corrected chi connectivity index (χ0v) is 9.95. The van der Waals surface area contributed by atoms with Crippen LogP contribution in [0.3, 0.4) is 0 Å². The normalized spacial score (nSPS) is 24.1. The molecule has 0 radical (unpaired) electrons. The van der Waals surface area contributed by atoms with Crippen molar-refractivity contribution < 1.29 is 9.13 Å². The van der Waals surface area contributed by atoms with E-state index in [1.165, 1.54) is 18.6 Å². The van der Waals surface area contributed by atoms with E-state index in [4.69, 9.17) is 10.00 Å². The molecule has 17 heavy (non-hydrogen) atoms. The smallest absolute Gasteiger partial charge is 0.128 e. The minimum Gasteiger partial charge on any atom is -0.490 e. The quantitative estimate of drug-likeness (QED) is 0.781. The van der Waals surface area contributed by atoms with Crippen LogP contribution >= 0.6 is 0 Å². The highest BCUT2D eigenvalue weighted by atomic mass is 19.1. The van der Waals surface area contributed by atoms with Crippen molar-refractivity contribution in [2.45, 2.75) is 38.7 Å². The Morgan fingerprint density at radius 3 is 2.76 bits per heavy atom. The van der Waals surface area contributed by atoms with Crippen LogP contribution in [0, 0.1) is 23.1 Å². The number of hydrogen-bond acceptors (Lipinski definition) is 2. The van der Waals surface area contributed by atoms with Gasteiger partial charge in [0.2, 0.25) is 0 Å². The Kier molecular flexibility index (Phi) is 3.63. The lowest BCUT2D eigenvalue weighted by Crippen LogP contribution is -2.28. The average molecular weight is 233 g/mol. The Labute approximate surface area is 101 Å². The molecule has 3 heteroatoms.